The number of carbonyl (C=O) groups excluding carboxylic acids is 1. The Bertz CT molecular complexity index is 944. The lowest BCUT2D eigenvalue weighted by Crippen LogP contribution is -2.36. The Morgan fingerprint density at radius 3 is 2.63 bits per heavy atom. The van der Waals surface area contributed by atoms with Gasteiger partial charge in [-0.3, -0.25) is 0 Å². The van der Waals surface area contributed by atoms with E-state index in [0.717, 1.165) is 5.56 Å². The molecule has 0 bridgehead atoms. The number of benzene rings is 2. The fraction of sp³-hybridized carbons (Fsp3) is 0.158. The second kappa shape index (κ2) is 8.10. The summed E-state index contributed by atoms with van der Waals surface area (Å²) in [6.07, 6.45) is 0. The Balaban J connectivity index is 1.97. The van der Waals surface area contributed by atoms with Gasteiger partial charge in [0, 0.05) is 16.4 Å². The van der Waals surface area contributed by atoms with E-state index in [2.05, 4.69) is 31.6 Å². The molecule has 0 aliphatic carbocycles. The third-order valence-corrected chi connectivity index (χ3v) is 4.87. The molecular formula is C19H16BrClFN3O2. The van der Waals surface area contributed by atoms with Crippen molar-refractivity contribution >= 4 is 45.1 Å². The maximum Gasteiger partial charge on any atom is 0.338 e. The SMILES string of the molecule is COC(=O)C1=C(C)NC(Nc2ccc(F)c(Br)c2)=NC1c1ccc(Cl)cc1. The summed E-state index contributed by atoms with van der Waals surface area (Å²) in [6.45, 7) is 1.77. The summed E-state index contributed by atoms with van der Waals surface area (Å²) in [5.41, 5.74) is 2.45. The Morgan fingerprint density at radius 1 is 1.30 bits per heavy atom. The summed E-state index contributed by atoms with van der Waals surface area (Å²) < 4.78 is 18.7. The highest BCUT2D eigenvalue weighted by Gasteiger charge is 2.30. The van der Waals surface area contributed by atoms with Crippen LogP contribution in [0.1, 0.15) is 18.5 Å². The average Bonchev–Trinajstić information content (AvgIpc) is 2.64. The Kier molecular flexibility index (Phi) is 5.82. The van der Waals surface area contributed by atoms with E-state index in [1.807, 2.05) is 12.1 Å². The van der Waals surface area contributed by atoms with Crippen molar-refractivity contribution in [3.8, 4) is 0 Å². The van der Waals surface area contributed by atoms with Gasteiger partial charge in [-0.1, -0.05) is 23.7 Å². The molecule has 1 aliphatic rings. The molecule has 27 heavy (non-hydrogen) atoms. The maximum atomic E-state index is 13.4. The first-order chi connectivity index (χ1) is 12.9. The molecule has 1 aliphatic heterocycles. The molecule has 1 atom stereocenters. The molecule has 140 valence electrons. The molecular weight excluding hydrogens is 437 g/mol. The van der Waals surface area contributed by atoms with E-state index in [1.165, 1.54) is 13.2 Å². The lowest BCUT2D eigenvalue weighted by molar-refractivity contribution is -0.136. The van der Waals surface area contributed by atoms with Gasteiger partial charge in [0.25, 0.3) is 0 Å². The van der Waals surface area contributed by atoms with Crippen LogP contribution in [-0.2, 0) is 9.53 Å². The molecule has 0 fully saturated rings. The summed E-state index contributed by atoms with van der Waals surface area (Å²) >= 11 is 9.13. The highest BCUT2D eigenvalue weighted by molar-refractivity contribution is 9.10. The number of carbonyl (C=O) groups is 1. The van der Waals surface area contributed by atoms with Gasteiger partial charge in [-0.05, 0) is 58.7 Å². The first-order valence-corrected chi connectivity index (χ1v) is 9.17. The number of rotatable bonds is 3. The quantitative estimate of drug-likeness (QED) is 0.657. The number of allylic oxidation sites excluding steroid dienone is 1. The Hall–Kier alpha value is -2.38. The number of esters is 1. The lowest BCUT2D eigenvalue weighted by atomic mass is 9.96. The normalized spacial score (nSPS) is 16.5. The molecule has 3 rings (SSSR count). The van der Waals surface area contributed by atoms with E-state index >= 15 is 0 Å². The molecule has 0 amide bonds. The van der Waals surface area contributed by atoms with Gasteiger partial charge >= 0.3 is 5.97 Å². The topological polar surface area (TPSA) is 62.7 Å². The number of hydrogen-bond donors (Lipinski definition) is 2. The highest BCUT2D eigenvalue weighted by Crippen LogP contribution is 2.32. The average molecular weight is 453 g/mol. The van der Waals surface area contributed by atoms with Crippen LogP contribution >= 0.6 is 27.5 Å². The van der Waals surface area contributed by atoms with Gasteiger partial charge in [-0.15, -0.1) is 0 Å². The molecule has 2 aromatic carbocycles. The van der Waals surface area contributed by atoms with Crippen LogP contribution in [0.2, 0.25) is 5.02 Å². The van der Waals surface area contributed by atoms with Crippen molar-refractivity contribution < 1.29 is 13.9 Å². The van der Waals surface area contributed by atoms with Gasteiger partial charge in [0.1, 0.15) is 11.9 Å². The monoisotopic (exact) mass is 451 g/mol. The highest BCUT2D eigenvalue weighted by atomic mass is 79.9. The summed E-state index contributed by atoms with van der Waals surface area (Å²) in [5.74, 6) is -0.395. The second-order valence-electron chi connectivity index (χ2n) is 5.84. The van der Waals surface area contributed by atoms with Crippen molar-refractivity contribution in [3.63, 3.8) is 0 Å². The van der Waals surface area contributed by atoms with Gasteiger partial charge in [0.15, 0.2) is 0 Å². The third-order valence-electron chi connectivity index (χ3n) is 4.01. The fourth-order valence-corrected chi connectivity index (χ4v) is 3.22. The van der Waals surface area contributed by atoms with Crippen LogP contribution in [-0.4, -0.2) is 19.0 Å². The van der Waals surface area contributed by atoms with Crippen LogP contribution in [0.15, 0.2) is 63.2 Å². The van der Waals surface area contributed by atoms with E-state index in [4.69, 9.17) is 16.3 Å². The largest absolute Gasteiger partial charge is 0.466 e. The van der Waals surface area contributed by atoms with Crippen molar-refractivity contribution in [2.75, 3.05) is 12.4 Å². The second-order valence-corrected chi connectivity index (χ2v) is 7.13. The predicted molar refractivity (Wildman–Crippen MR) is 107 cm³/mol. The Morgan fingerprint density at radius 2 is 2.00 bits per heavy atom. The van der Waals surface area contributed by atoms with Crippen molar-refractivity contribution in [2.45, 2.75) is 13.0 Å². The van der Waals surface area contributed by atoms with Crippen LogP contribution in [0, 0.1) is 5.82 Å². The zero-order valence-corrected chi connectivity index (χ0v) is 16.9. The molecule has 0 spiro atoms. The van der Waals surface area contributed by atoms with Gasteiger partial charge in [0.2, 0.25) is 5.96 Å². The molecule has 1 heterocycles. The van der Waals surface area contributed by atoms with Crippen LogP contribution in [0.25, 0.3) is 0 Å². The molecule has 8 heteroatoms. The smallest absolute Gasteiger partial charge is 0.338 e. The zero-order chi connectivity index (χ0) is 19.6. The molecule has 2 N–H and O–H groups in total. The van der Waals surface area contributed by atoms with Crippen LogP contribution in [0.3, 0.4) is 0 Å². The number of anilines is 1. The minimum atomic E-state index is -0.567. The molecule has 0 radical (unpaired) electrons. The number of aliphatic imine (C=N–C) groups is 1. The molecule has 5 nitrogen and oxygen atoms in total. The lowest BCUT2D eigenvalue weighted by Gasteiger charge is -2.26. The summed E-state index contributed by atoms with van der Waals surface area (Å²) in [5, 5.41) is 6.75. The number of nitrogens with one attached hydrogen (secondary N) is 2. The predicted octanol–water partition coefficient (Wildman–Crippen LogP) is 4.80. The zero-order valence-electron chi connectivity index (χ0n) is 14.5. The summed E-state index contributed by atoms with van der Waals surface area (Å²) in [4.78, 5) is 16.9. The van der Waals surface area contributed by atoms with Crippen molar-refractivity contribution in [1.82, 2.24) is 5.32 Å². The number of hydrogen-bond acceptors (Lipinski definition) is 5. The van der Waals surface area contributed by atoms with Gasteiger partial charge < -0.3 is 15.4 Å². The maximum absolute atomic E-state index is 13.4. The van der Waals surface area contributed by atoms with Gasteiger partial charge in [0.05, 0.1) is 17.2 Å². The minimum Gasteiger partial charge on any atom is -0.466 e. The number of guanidine groups is 1. The van der Waals surface area contributed by atoms with Gasteiger partial charge in [-0.2, -0.15) is 0 Å². The first-order valence-electron chi connectivity index (χ1n) is 8.00. The molecule has 0 aromatic heterocycles. The summed E-state index contributed by atoms with van der Waals surface area (Å²) in [6, 6.07) is 11.1. The number of ether oxygens (including phenoxy) is 1. The van der Waals surface area contributed by atoms with Crippen molar-refractivity contribution in [2.24, 2.45) is 4.99 Å². The van der Waals surface area contributed by atoms with E-state index in [0.29, 0.717) is 32.4 Å². The standard InChI is InChI=1S/C19H16BrClFN3O2/c1-10-16(18(26)27-2)17(11-3-5-12(21)6-4-11)25-19(23-10)24-13-7-8-15(22)14(20)9-13/h3-9,17H,1-2H3,(H2,23,24,25). The number of nitrogens with zero attached hydrogens (tertiary/aromatic N) is 1. The van der Waals surface area contributed by atoms with Crippen LogP contribution in [0.4, 0.5) is 10.1 Å². The van der Waals surface area contributed by atoms with Crippen LogP contribution in [0.5, 0.6) is 0 Å². The van der Waals surface area contributed by atoms with E-state index in [1.54, 1.807) is 31.2 Å². The van der Waals surface area contributed by atoms with Crippen molar-refractivity contribution in [1.29, 1.82) is 0 Å². The molecule has 0 saturated carbocycles. The van der Waals surface area contributed by atoms with E-state index in [-0.39, 0.29) is 5.82 Å². The number of halogens is 3. The number of methoxy groups -OCH3 is 1. The van der Waals surface area contributed by atoms with Crippen molar-refractivity contribution in [3.05, 3.63) is 74.6 Å². The minimum absolute atomic E-state index is 0.334. The summed E-state index contributed by atoms with van der Waals surface area (Å²) in [7, 11) is 1.33. The molecule has 1 unspecified atom stereocenters. The van der Waals surface area contributed by atoms with Crippen LogP contribution < -0.4 is 10.6 Å². The van der Waals surface area contributed by atoms with Gasteiger partial charge in [-0.25, -0.2) is 14.2 Å². The molecule has 2 aromatic rings. The first kappa shape index (κ1) is 19.4. The van der Waals surface area contributed by atoms with E-state index in [9.17, 15) is 9.18 Å². The third kappa shape index (κ3) is 4.31. The van der Waals surface area contributed by atoms with E-state index < -0.39 is 12.0 Å². The fourth-order valence-electron chi connectivity index (χ4n) is 2.71. The Labute approximate surface area is 169 Å². The molecule has 0 saturated heterocycles.